The Bertz CT molecular complexity index is 1520. The lowest BCUT2D eigenvalue weighted by molar-refractivity contribution is -0.111. The van der Waals surface area contributed by atoms with Gasteiger partial charge in [0.25, 0.3) is 0 Å². The van der Waals surface area contributed by atoms with Crippen LogP contribution in [-0.2, 0) is 11.8 Å². The molecule has 0 fully saturated rings. The number of rotatable bonds is 5. The predicted octanol–water partition coefficient (Wildman–Crippen LogP) is 4.90. The van der Waals surface area contributed by atoms with Crippen molar-refractivity contribution in [1.82, 2.24) is 24.1 Å². The second-order valence-corrected chi connectivity index (χ2v) is 7.80. The average molecular weight is 452 g/mol. The van der Waals surface area contributed by atoms with Crippen LogP contribution in [-0.4, -0.2) is 30.1 Å². The van der Waals surface area contributed by atoms with Crippen molar-refractivity contribution in [3.8, 4) is 22.6 Å². The van der Waals surface area contributed by atoms with Crippen LogP contribution in [0.5, 0.6) is 0 Å². The van der Waals surface area contributed by atoms with Gasteiger partial charge in [0.05, 0.1) is 17.6 Å². The van der Waals surface area contributed by atoms with Gasteiger partial charge in [0, 0.05) is 18.7 Å². The fraction of sp³-hybridized carbons (Fsp3) is 0.0769. The van der Waals surface area contributed by atoms with Gasteiger partial charge in [-0.1, -0.05) is 30.3 Å². The summed E-state index contributed by atoms with van der Waals surface area (Å²) in [6.07, 6.45) is 4.86. The first kappa shape index (κ1) is 21.3. The number of fused-ring (bicyclic) bond motifs is 1. The zero-order valence-electron chi connectivity index (χ0n) is 18.6. The van der Waals surface area contributed by atoms with Crippen LogP contribution >= 0.6 is 0 Å². The number of hydrogen-bond donors (Lipinski definition) is 1. The van der Waals surface area contributed by atoms with Gasteiger partial charge >= 0.3 is 0 Å². The zero-order valence-corrected chi connectivity index (χ0v) is 18.6. The molecule has 0 bridgehead atoms. The Morgan fingerprint density at radius 2 is 1.76 bits per heavy atom. The standard InChI is InChI=1S/C26H21FN6O/c1-17-28-25(19-9-11-20(27)12-10-19)26(32(17)2)21-13-14-23-29-22(16-33(23)31-21)30-24(34)15-8-18-6-4-3-5-7-18/h3-16H,1-2H3,(H,30,34)/b15-8+. The number of hydrogen-bond acceptors (Lipinski definition) is 4. The minimum Gasteiger partial charge on any atom is -0.330 e. The number of anilines is 1. The summed E-state index contributed by atoms with van der Waals surface area (Å²) in [5, 5.41) is 7.46. The third kappa shape index (κ3) is 4.21. The molecule has 0 aliphatic carbocycles. The summed E-state index contributed by atoms with van der Waals surface area (Å²) >= 11 is 0. The Morgan fingerprint density at radius 1 is 1.00 bits per heavy atom. The van der Waals surface area contributed by atoms with Crippen LogP contribution in [0, 0.1) is 12.7 Å². The Morgan fingerprint density at radius 3 is 2.53 bits per heavy atom. The number of imidazole rings is 2. The van der Waals surface area contributed by atoms with Crippen LogP contribution < -0.4 is 5.32 Å². The molecule has 3 heterocycles. The lowest BCUT2D eigenvalue weighted by Gasteiger charge is -2.07. The highest BCUT2D eigenvalue weighted by molar-refractivity contribution is 6.01. The van der Waals surface area contributed by atoms with E-state index in [1.54, 1.807) is 28.9 Å². The van der Waals surface area contributed by atoms with E-state index in [0.717, 1.165) is 22.6 Å². The molecule has 1 N–H and O–H groups in total. The minimum atomic E-state index is -0.302. The topological polar surface area (TPSA) is 77.1 Å². The van der Waals surface area contributed by atoms with Crippen LogP contribution in [0.4, 0.5) is 10.2 Å². The molecule has 0 saturated heterocycles. The molecule has 0 aliphatic heterocycles. The van der Waals surface area contributed by atoms with E-state index >= 15 is 0 Å². The molecule has 2 aromatic carbocycles. The molecule has 0 aliphatic rings. The Balaban J connectivity index is 1.44. The highest BCUT2D eigenvalue weighted by atomic mass is 19.1. The van der Waals surface area contributed by atoms with Gasteiger partial charge in [-0.15, -0.1) is 0 Å². The Kier molecular flexibility index (Phi) is 5.47. The molecule has 34 heavy (non-hydrogen) atoms. The maximum atomic E-state index is 13.4. The highest BCUT2D eigenvalue weighted by Gasteiger charge is 2.18. The molecule has 0 spiro atoms. The van der Waals surface area contributed by atoms with Gasteiger partial charge in [-0.25, -0.2) is 18.9 Å². The maximum absolute atomic E-state index is 13.4. The average Bonchev–Trinajstić information content (AvgIpc) is 3.38. The van der Waals surface area contributed by atoms with Gasteiger partial charge in [0.15, 0.2) is 11.5 Å². The molecule has 8 heteroatoms. The number of nitrogens with one attached hydrogen (secondary N) is 1. The first-order valence-corrected chi connectivity index (χ1v) is 10.7. The van der Waals surface area contributed by atoms with Crippen molar-refractivity contribution >= 4 is 23.4 Å². The van der Waals surface area contributed by atoms with Gasteiger partial charge < -0.3 is 9.88 Å². The number of halogens is 1. The SMILES string of the molecule is Cc1nc(-c2ccc(F)cc2)c(-c2ccc3nc(NC(=O)/C=C/c4ccccc4)cn3n2)n1C. The predicted molar refractivity (Wildman–Crippen MR) is 129 cm³/mol. The van der Waals surface area contributed by atoms with Gasteiger partial charge in [-0.2, -0.15) is 5.10 Å². The molecule has 1 amide bonds. The first-order chi connectivity index (χ1) is 16.5. The molecule has 0 unspecified atom stereocenters. The monoisotopic (exact) mass is 452 g/mol. The van der Waals surface area contributed by atoms with Gasteiger partial charge in [0.1, 0.15) is 17.3 Å². The number of benzene rings is 2. The quantitative estimate of drug-likeness (QED) is 0.385. The van der Waals surface area contributed by atoms with Gasteiger partial charge in [0.2, 0.25) is 5.91 Å². The van der Waals surface area contributed by atoms with Crippen molar-refractivity contribution in [2.24, 2.45) is 7.05 Å². The fourth-order valence-corrected chi connectivity index (χ4v) is 3.69. The molecular weight excluding hydrogens is 431 g/mol. The number of carbonyl (C=O) groups is 1. The summed E-state index contributed by atoms with van der Waals surface area (Å²) in [5.41, 5.74) is 4.51. The Labute approximate surface area is 195 Å². The molecule has 5 rings (SSSR count). The van der Waals surface area contributed by atoms with Crippen LogP contribution in [0.15, 0.2) is 79.0 Å². The van der Waals surface area contributed by atoms with Crippen LogP contribution in [0.25, 0.3) is 34.4 Å². The molecular formula is C26H21FN6O. The number of aryl methyl sites for hydroxylation is 1. The van der Waals surface area contributed by atoms with Crippen molar-refractivity contribution in [3.05, 3.63) is 96.2 Å². The maximum Gasteiger partial charge on any atom is 0.249 e. The summed E-state index contributed by atoms with van der Waals surface area (Å²) in [7, 11) is 1.91. The molecule has 0 atom stereocenters. The number of nitrogens with zero attached hydrogens (tertiary/aromatic N) is 5. The van der Waals surface area contributed by atoms with Gasteiger partial charge in [-0.3, -0.25) is 4.79 Å². The number of aromatic nitrogens is 5. The molecule has 168 valence electrons. The van der Waals surface area contributed by atoms with Crippen molar-refractivity contribution in [3.63, 3.8) is 0 Å². The molecule has 3 aromatic heterocycles. The summed E-state index contributed by atoms with van der Waals surface area (Å²) < 4.78 is 17.0. The lowest BCUT2D eigenvalue weighted by Crippen LogP contribution is -2.07. The molecule has 0 radical (unpaired) electrons. The normalized spacial score (nSPS) is 11.4. The summed E-state index contributed by atoms with van der Waals surface area (Å²) in [5.74, 6) is 0.616. The highest BCUT2D eigenvalue weighted by Crippen LogP contribution is 2.31. The van der Waals surface area contributed by atoms with E-state index in [0.29, 0.717) is 22.9 Å². The third-order valence-corrected chi connectivity index (χ3v) is 5.48. The van der Waals surface area contributed by atoms with Crippen molar-refractivity contribution in [2.45, 2.75) is 6.92 Å². The van der Waals surface area contributed by atoms with Gasteiger partial charge in [-0.05, 0) is 55.0 Å². The van der Waals surface area contributed by atoms with E-state index in [-0.39, 0.29) is 11.7 Å². The van der Waals surface area contributed by atoms with E-state index in [9.17, 15) is 9.18 Å². The second-order valence-electron chi connectivity index (χ2n) is 7.80. The summed E-state index contributed by atoms with van der Waals surface area (Å²) in [6, 6.07) is 19.5. The summed E-state index contributed by atoms with van der Waals surface area (Å²) in [4.78, 5) is 21.4. The van der Waals surface area contributed by atoms with E-state index in [1.165, 1.54) is 18.2 Å². The number of carbonyl (C=O) groups excluding carboxylic acids is 1. The number of amides is 1. The smallest absolute Gasteiger partial charge is 0.249 e. The van der Waals surface area contributed by atoms with E-state index in [4.69, 9.17) is 5.10 Å². The van der Waals surface area contributed by atoms with Crippen LogP contribution in [0.2, 0.25) is 0 Å². The van der Waals surface area contributed by atoms with Crippen LogP contribution in [0.1, 0.15) is 11.4 Å². The first-order valence-electron chi connectivity index (χ1n) is 10.7. The van der Waals surface area contributed by atoms with E-state index in [2.05, 4.69) is 15.3 Å². The molecule has 7 nitrogen and oxygen atoms in total. The Hall–Kier alpha value is -4.59. The van der Waals surface area contributed by atoms with Crippen molar-refractivity contribution in [2.75, 3.05) is 5.32 Å². The minimum absolute atomic E-state index is 0.284. The summed E-state index contributed by atoms with van der Waals surface area (Å²) in [6.45, 7) is 1.91. The largest absolute Gasteiger partial charge is 0.330 e. The molecule has 0 saturated carbocycles. The zero-order chi connectivity index (χ0) is 23.7. The molecule has 5 aromatic rings. The van der Waals surface area contributed by atoms with Crippen molar-refractivity contribution < 1.29 is 9.18 Å². The van der Waals surface area contributed by atoms with Crippen LogP contribution in [0.3, 0.4) is 0 Å². The third-order valence-electron chi connectivity index (χ3n) is 5.48. The van der Waals surface area contributed by atoms with Crippen molar-refractivity contribution in [1.29, 1.82) is 0 Å². The fourth-order valence-electron chi connectivity index (χ4n) is 3.69. The second kappa shape index (κ2) is 8.74. The van der Waals surface area contributed by atoms with E-state index < -0.39 is 0 Å². The lowest BCUT2D eigenvalue weighted by atomic mass is 10.1. The van der Waals surface area contributed by atoms with E-state index in [1.807, 2.05) is 61.0 Å².